The molecule has 3 rings (SSSR count). The second-order valence-corrected chi connectivity index (χ2v) is 6.28. The number of piperidine rings is 1. The molecule has 0 spiro atoms. The maximum atomic E-state index is 13.0. The summed E-state index contributed by atoms with van der Waals surface area (Å²) >= 11 is 0. The zero-order valence-electron chi connectivity index (χ0n) is 14.0. The minimum absolute atomic E-state index is 0. The Hall–Kier alpha value is -1.26. The van der Waals surface area contributed by atoms with Crippen molar-refractivity contribution < 1.29 is 14.3 Å². The van der Waals surface area contributed by atoms with Crippen molar-refractivity contribution in [1.82, 2.24) is 4.90 Å². The second-order valence-electron chi connectivity index (χ2n) is 6.28. The number of carbonyl (C=O) groups excluding carboxylic acids is 1. The molecule has 128 valence electrons. The molecular weight excluding hydrogens is 314 g/mol. The zero-order chi connectivity index (χ0) is 15.5. The van der Waals surface area contributed by atoms with E-state index in [-0.39, 0.29) is 24.1 Å². The Bertz CT molecular complexity index is 555. The monoisotopic (exact) mass is 339 g/mol. The largest absolute Gasteiger partial charge is 0.496 e. The maximum absolute atomic E-state index is 13.0. The molecule has 1 aliphatic heterocycles. The van der Waals surface area contributed by atoms with Crippen molar-refractivity contribution in [3.05, 3.63) is 23.3 Å². The Morgan fingerprint density at radius 1 is 1.09 bits per heavy atom. The topological polar surface area (TPSA) is 38.8 Å². The molecule has 1 aromatic rings. The van der Waals surface area contributed by atoms with E-state index in [1.165, 1.54) is 19.3 Å². The number of halogens is 1. The van der Waals surface area contributed by atoms with Crippen LogP contribution in [0.1, 0.15) is 41.6 Å². The van der Waals surface area contributed by atoms with Crippen molar-refractivity contribution in [1.29, 1.82) is 0 Å². The molecule has 1 saturated heterocycles. The van der Waals surface area contributed by atoms with Gasteiger partial charge in [0.2, 0.25) is 0 Å². The van der Waals surface area contributed by atoms with Crippen molar-refractivity contribution in [3.63, 3.8) is 0 Å². The highest BCUT2D eigenvalue weighted by atomic mass is 35.5. The number of nitrogens with zero attached hydrogens (tertiary/aromatic N) is 1. The average molecular weight is 340 g/mol. The molecule has 0 saturated carbocycles. The molecule has 0 bridgehead atoms. The lowest BCUT2D eigenvalue weighted by Gasteiger charge is -2.32. The SMILES string of the molecule is COc1ccc(OC)c2c1CCC(CN1CCCCC1)C2=O.Cl. The van der Waals surface area contributed by atoms with Gasteiger partial charge in [0, 0.05) is 18.0 Å². The summed E-state index contributed by atoms with van der Waals surface area (Å²) in [5.41, 5.74) is 1.76. The number of benzene rings is 1. The molecule has 1 heterocycles. The van der Waals surface area contributed by atoms with Gasteiger partial charge in [0.1, 0.15) is 11.5 Å². The number of hydrogen-bond donors (Lipinski definition) is 0. The fourth-order valence-corrected chi connectivity index (χ4v) is 3.77. The molecule has 5 heteroatoms. The van der Waals surface area contributed by atoms with Gasteiger partial charge in [-0.05, 0) is 50.9 Å². The fraction of sp³-hybridized carbons (Fsp3) is 0.611. The highest BCUT2D eigenvalue weighted by Gasteiger charge is 2.33. The Morgan fingerprint density at radius 3 is 2.39 bits per heavy atom. The van der Waals surface area contributed by atoms with Gasteiger partial charge in [-0.25, -0.2) is 0 Å². The Kier molecular flexibility index (Phi) is 6.31. The normalized spacial score (nSPS) is 21.3. The van der Waals surface area contributed by atoms with Crippen LogP contribution in [0.25, 0.3) is 0 Å². The van der Waals surface area contributed by atoms with E-state index in [0.717, 1.165) is 49.4 Å². The first-order chi connectivity index (χ1) is 10.7. The maximum Gasteiger partial charge on any atom is 0.171 e. The van der Waals surface area contributed by atoms with Crippen LogP contribution in [0.2, 0.25) is 0 Å². The van der Waals surface area contributed by atoms with Crippen LogP contribution < -0.4 is 9.47 Å². The number of carbonyl (C=O) groups is 1. The Labute approximate surface area is 144 Å². The van der Waals surface area contributed by atoms with Gasteiger partial charge in [-0.3, -0.25) is 4.79 Å². The number of fused-ring (bicyclic) bond motifs is 1. The van der Waals surface area contributed by atoms with E-state index in [2.05, 4.69) is 4.90 Å². The first-order valence-electron chi connectivity index (χ1n) is 8.25. The van der Waals surface area contributed by atoms with E-state index < -0.39 is 0 Å². The van der Waals surface area contributed by atoms with Crippen LogP contribution in [0.4, 0.5) is 0 Å². The van der Waals surface area contributed by atoms with Gasteiger partial charge in [-0.2, -0.15) is 0 Å². The van der Waals surface area contributed by atoms with Crippen LogP contribution in [0.5, 0.6) is 11.5 Å². The lowest BCUT2D eigenvalue weighted by atomic mass is 9.81. The van der Waals surface area contributed by atoms with Crippen molar-refractivity contribution in [2.75, 3.05) is 33.9 Å². The van der Waals surface area contributed by atoms with Crippen LogP contribution in [-0.2, 0) is 6.42 Å². The molecule has 1 unspecified atom stereocenters. The van der Waals surface area contributed by atoms with Crippen molar-refractivity contribution in [2.24, 2.45) is 5.92 Å². The number of Topliss-reactive ketones (excluding diaryl/α,β-unsaturated/α-hetero) is 1. The predicted octanol–water partition coefficient (Wildman–Crippen LogP) is 3.36. The minimum atomic E-state index is 0. The van der Waals surface area contributed by atoms with Crippen molar-refractivity contribution in [3.8, 4) is 11.5 Å². The summed E-state index contributed by atoms with van der Waals surface area (Å²) in [5, 5.41) is 0. The van der Waals surface area contributed by atoms with Crippen LogP contribution in [0, 0.1) is 5.92 Å². The number of methoxy groups -OCH3 is 2. The zero-order valence-corrected chi connectivity index (χ0v) is 14.8. The second kappa shape index (κ2) is 8.02. The number of likely N-dealkylation sites (tertiary alicyclic amines) is 1. The van der Waals surface area contributed by atoms with E-state index in [9.17, 15) is 4.79 Å². The van der Waals surface area contributed by atoms with E-state index in [4.69, 9.17) is 9.47 Å². The molecule has 2 aliphatic rings. The van der Waals surface area contributed by atoms with E-state index >= 15 is 0 Å². The van der Waals surface area contributed by atoms with E-state index in [1.807, 2.05) is 12.1 Å². The molecule has 4 nitrogen and oxygen atoms in total. The molecule has 1 aromatic carbocycles. The van der Waals surface area contributed by atoms with Gasteiger partial charge in [-0.15, -0.1) is 12.4 Å². The summed E-state index contributed by atoms with van der Waals surface area (Å²) in [4.78, 5) is 15.4. The van der Waals surface area contributed by atoms with Crippen molar-refractivity contribution in [2.45, 2.75) is 32.1 Å². The fourth-order valence-electron chi connectivity index (χ4n) is 3.77. The lowest BCUT2D eigenvalue weighted by Crippen LogP contribution is -2.38. The molecule has 1 atom stereocenters. The predicted molar refractivity (Wildman–Crippen MR) is 93.2 cm³/mol. The van der Waals surface area contributed by atoms with Gasteiger partial charge in [0.05, 0.1) is 19.8 Å². The molecule has 1 aliphatic carbocycles. The molecular formula is C18H26ClNO3. The number of ether oxygens (including phenoxy) is 2. The third-order valence-electron chi connectivity index (χ3n) is 4.96. The molecule has 23 heavy (non-hydrogen) atoms. The van der Waals surface area contributed by atoms with Gasteiger partial charge in [0.15, 0.2) is 5.78 Å². The van der Waals surface area contributed by atoms with E-state index in [1.54, 1.807) is 14.2 Å². The first kappa shape index (κ1) is 18.1. The Morgan fingerprint density at radius 2 is 1.74 bits per heavy atom. The Balaban J connectivity index is 0.00000192. The molecule has 0 aromatic heterocycles. The van der Waals surface area contributed by atoms with Gasteiger partial charge in [0.25, 0.3) is 0 Å². The third-order valence-corrected chi connectivity index (χ3v) is 4.96. The minimum Gasteiger partial charge on any atom is -0.496 e. The van der Waals surface area contributed by atoms with Crippen molar-refractivity contribution >= 4 is 18.2 Å². The number of hydrogen-bond acceptors (Lipinski definition) is 4. The number of rotatable bonds is 4. The lowest BCUT2D eigenvalue weighted by molar-refractivity contribution is 0.0840. The van der Waals surface area contributed by atoms with Gasteiger partial charge in [-0.1, -0.05) is 6.42 Å². The summed E-state index contributed by atoms with van der Waals surface area (Å²) in [5.74, 6) is 1.80. The summed E-state index contributed by atoms with van der Waals surface area (Å²) in [6, 6.07) is 3.74. The van der Waals surface area contributed by atoms with E-state index in [0.29, 0.717) is 5.75 Å². The van der Waals surface area contributed by atoms with Crippen LogP contribution in [0.15, 0.2) is 12.1 Å². The molecule has 0 radical (unpaired) electrons. The van der Waals surface area contributed by atoms with Crippen LogP contribution in [0.3, 0.4) is 0 Å². The smallest absolute Gasteiger partial charge is 0.171 e. The number of ketones is 1. The highest BCUT2D eigenvalue weighted by molar-refractivity contribution is 6.03. The quantitative estimate of drug-likeness (QED) is 0.843. The highest BCUT2D eigenvalue weighted by Crippen LogP contribution is 2.38. The van der Waals surface area contributed by atoms with Crippen LogP contribution in [-0.4, -0.2) is 44.5 Å². The van der Waals surface area contributed by atoms with Gasteiger partial charge < -0.3 is 14.4 Å². The summed E-state index contributed by atoms with van der Waals surface area (Å²) < 4.78 is 10.9. The molecule has 0 amide bonds. The summed E-state index contributed by atoms with van der Waals surface area (Å²) in [6.07, 6.45) is 5.64. The van der Waals surface area contributed by atoms with Gasteiger partial charge >= 0.3 is 0 Å². The molecule has 1 fully saturated rings. The molecule has 0 N–H and O–H groups in total. The first-order valence-corrected chi connectivity index (χ1v) is 8.25. The third kappa shape index (κ3) is 3.64. The van der Waals surface area contributed by atoms with Crippen LogP contribution >= 0.6 is 12.4 Å². The summed E-state index contributed by atoms with van der Waals surface area (Å²) in [7, 11) is 3.29. The average Bonchev–Trinajstić information content (AvgIpc) is 2.57. The summed E-state index contributed by atoms with van der Waals surface area (Å²) in [6.45, 7) is 3.15. The standard InChI is InChI=1S/C18H25NO3.ClH/c1-21-15-8-9-16(22-2)17-14(15)7-6-13(18(17)20)12-19-10-4-3-5-11-19;/h8-9,13H,3-7,10-12H2,1-2H3;1H.